The predicted octanol–water partition coefficient (Wildman–Crippen LogP) is 2.29. The molecule has 1 saturated carbocycles. The SMILES string of the molecule is O=C(c1ccco1)N1CCC[C@@]2(CCC(=O)N2CC2CC2)C1. The van der Waals surface area contributed by atoms with Crippen LogP contribution in [0, 0.1) is 5.92 Å². The lowest BCUT2D eigenvalue weighted by molar-refractivity contribution is -0.132. The molecule has 2 aliphatic heterocycles. The van der Waals surface area contributed by atoms with Gasteiger partial charge in [0.15, 0.2) is 5.76 Å². The number of rotatable bonds is 3. The van der Waals surface area contributed by atoms with Crippen molar-refractivity contribution in [3.8, 4) is 0 Å². The third kappa shape index (κ3) is 2.32. The van der Waals surface area contributed by atoms with Crippen LogP contribution in [0.3, 0.4) is 0 Å². The Labute approximate surface area is 130 Å². The van der Waals surface area contributed by atoms with E-state index in [0.717, 1.165) is 32.4 Å². The first kappa shape index (κ1) is 13.9. The smallest absolute Gasteiger partial charge is 0.289 e. The summed E-state index contributed by atoms with van der Waals surface area (Å²) in [6, 6.07) is 3.46. The molecule has 5 nitrogen and oxygen atoms in total. The molecule has 0 radical (unpaired) electrons. The lowest BCUT2D eigenvalue weighted by Crippen LogP contribution is -2.58. The van der Waals surface area contributed by atoms with Crippen molar-refractivity contribution in [2.45, 2.75) is 44.1 Å². The quantitative estimate of drug-likeness (QED) is 0.861. The predicted molar refractivity (Wildman–Crippen MR) is 80.2 cm³/mol. The van der Waals surface area contributed by atoms with Gasteiger partial charge in [0.1, 0.15) is 0 Å². The monoisotopic (exact) mass is 302 g/mol. The molecule has 5 heteroatoms. The molecule has 2 amide bonds. The highest BCUT2D eigenvalue weighted by Crippen LogP contribution is 2.41. The highest BCUT2D eigenvalue weighted by atomic mass is 16.3. The molecule has 3 heterocycles. The van der Waals surface area contributed by atoms with Crippen LogP contribution in [0.15, 0.2) is 22.8 Å². The lowest BCUT2D eigenvalue weighted by Gasteiger charge is -2.45. The first-order valence-electron chi connectivity index (χ1n) is 8.31. The van der Waals surface area contributed by atoms with Crippen LogP contribution in [0.5, 0.6) is 0 Å². The highest BCUT2D eigenvalue weighted by molar-refractivity contribution is 5.91. The summed E-state index contributed by atoms with van der Waals surface area (Å²) in [5.74, 6) is 1.32. The molecule has 118 valence electrons. The lowest BCUT2D eigenvalue weighted by atomic mass is 9.86. The van der Waals surface area contributed by atoms with Crippen LogP contribution in [0.2, 0.25) is 0 Å². The van der Waals surface area contributed by atoms with Crippen molar-refractivity contribution in [2.24, 2.45) is 5.92 Å². The molecule has 1 aromatic heterocycles. The van der Waals surface area contributed by atoms with E-state index in [9.17, 15) is 9.59 Å². The molecule has 1 aromatic rings. The van der Waals surface area contributed by atoms with Crippen molar-refractivity contribution in [1.29, 1.82) is 0 Å². The summed E-state index contributed by atoms with van der Waals surface area (Å²) >= 11 is 0. The van der Waals surface area contributed by atoms with Crippen LogP contribution in [0.4, 0.5) is 0 Å². The zero-order valence-electron chi connectivity index (χ0n) is 12.8. The first-order valence-corrected chi connectivity index (χ1v) is 8.31. The number of nitrogens with zero attached hydrogens (tertiary/aromatic N) is 2. The van der Waals surface area contributed by atoms with Crippen LogP contribution < -0.4 is 0 Å². The van der Waals surface area contributed by atoms with Crippen LogP contribution in [0.1, 0.15) is 49.1 Å². The standard InChI is InChI=1S/C17H22N2O3/c20-15-6-8-17(19(15)11-13-4-5-13)7-2-9-18(12-17)16(21)14-3-1-10-22-14/h1,3,10,13H,2,4-9,11-12H2/t17-/m1/s1. The Balaban J connectivity index is 1.53. The summed E-state index contributed by atoms with van der Waals surface area (Å²) in [5, 5.41) is 0. The van der Waals surface area contributed by atoms with Crippen LogP contribution in [-0.4, -0.2) is 46.8 Å². The Morgan fingerprint density at radius 3 is 2.95 bits per heavy atom. The van der Waals surface area contributed by atoms with Gasteiger partial charge in [-0.1, -0.05) is 0 Å². The van der Waals surface area contributed by atoms with Gasteiger partial charge in [0.25, 0.3) is 5.91 Å². The summed E-state index contributed by atoms with van der Waals surface area (Å²) in [5.41, 5.74) is -0.125. The zero-order chi connectivity index (χ0) is 15.2. The van der Waals surface area contributed by atoms with Crippen LogP contribution in [-0.2, 0) is 4.79 Å². The Kier molecular flexibility index (Phi) is 3.24. The van der Waals surface area contributed by atoms with E-state index in [2.05, 4.69) is 4.90 Å². The average Bonchev–Trinajstić information content (AvgIpc) is 3.10. The van der Waals surface area contributed by atoms with Gasteiger partial charge in [-0.25, -0.2) is 0 Å². The van der Waals surface area contributed by atoms with E-state index in [4.69, 9.17) is 4.42 Å². The minimum atomic E-state index is -0.125. The summed E-state index contributed by atoms with van der Waals surface area (Å²) in [6.45, 7) is 2.30. The minimum absolute atomic E-state index is 0.0465. The van der Waals surface area contributed by atoms with Crippen LogP contribution >= 0.6 is 0 Å². The Bertz CT molecular complexity index is 579. The fourth-order valence-corrected chi connectivity index (χ4v) is 3.99. The average molecular weight is 302 g/mol. The molecule has 0 N–H and O–H groups in total. The van der Waals surface area contributed by atoms with Crippen molar-refractivity contribution in [3.05, 3.63) is 24.2 Å². The molecule has 22 heavy (non-hydrogen) atoms. The molecule has 3 aliphatic rings. The molecule has 1 atom stereocenters. The second-order valence-electron chi connectivity index (χ2n) is 6.98. The summed E-state index contributed by atoms with van der Waals surface area (Å²) < 4.78 is 5.25. The van der Waals surface area contributed by atoms with E-state index < -0.39 is 0 Å². The number of furan rings is 1. The van der Waals surface area contributed by atoms with Crippen molar-refractivity contribution in [3.63, 3.8) is 0 Å². The largest absolute Gasteiger partial charge is 0.459 e. The summed E-state index contributed by atoms with van der Waals surface area (Å²) in [7, 11) is 0. The minimum Gasteiger partial charge on any atom is -0.459 e. The fourth-order valence-electron chi connectivity index (χ4n) is 3.99. The van der Waals surface area contributed by atoms with E-state index in [-0.39, 0.29) is 17.4 Å². The molecular formula is C17H22N2O3. The zero-order valence-corrected chi connectivity index (χ0v) is 12.8. The number of hydrogen-bond acceptors (Lipinski definition) is 3. The number of piperidine rings is 1. The molecule has 0 aromatic carbocycles. The van der Waals surface area contributed by atoms with Crippen molar-refractivity contribution in [1.82, 2.24) is 9.80 Å². The third-order valence-corrected chi connectivity index (χ3v) is 5.39. The van der Waals surface area contributed by atoms with Gasteiger partial charge in [0, 0.05) is 26.1 Å². The van der Waals surface area contributed by atoms with Crippen LogP contribution in [0.25, 0.3) is 0 Å². The van der Waals surface area contributed by atoms with Gasteiger partial charge in [0.05, 0.1) is 11.8 Å². The summed E-state index contributed by atoms with van der Waals surface area (Å²) in [6.07, 6.45) is 7.53. The maximum absolute atomic E-state index is 12.6. The van der Waals surface area contributed by atoms with Crippen molar-refractivity contribution < 1.29 is 14.0 Å². The number of amides is 2. The molecule has 3 fully saturated rings. The van der Waals surface area contributed by atoms with Crippen molar-refractivity contribution in [2.75, 3.05) is 19.6 Å². The normalized spacial score (nSPS) is 28.6. The van der Waals surface area contributed by atoms with Gasteiger partial charge in [0.2, 0.25) is 5.91 Å². The molecule has 0 bridgehead atoms. The van der Waals surface area contributed by atoms with E-state index >= 15 is 0 Å². The molecule has 1 spiro atoms. The summed E-state index contributed by atoms with van der Waals surface area (Å²) in [4.78, 5) is 28.9. The number of hydrogen-bond donors (Lipinski definition) is 0. The van der Waals surface area contributed by atoms with E-state index in [1.165, 1.54) is 19.1 Å². The second-order valence-corrected chi connectivity index (χ2v) is 6.98. The Morgan fingerprint density at radius 2 is 2.23 bits per heavy atom. The third-order valence-electron chi connectivity index (χ3n) is 5.39. The van der Waals surface area contributed by atoms with E-state index in [1.54, 1.807) is 12.1 Å². The van der Waals surface area contributed by atoms with Gasteiger partial charge in [-0.15, -0.1) is 0 Å². The maximum Gasteiger partial charge on any atom is 0.289 e. The van der Waals surface area contributed by atoms with Gasteiger partial charge in [-0.2, -0.15) is 0 Å². The van der Waals surface area contributed by atoms with Gasteiger partial charge >= 0.3 is 0 Å². The number of carbonyl (C=O) groups is 2. The molecule has 0 unspecified atom stereocenters. The molecule has 4 rings (SSSR count). The van der Waals surface area contributed by atoms with Gasteiger partial charge in [-0.05, 0) is 50.2 Å². The van der Waals surface area contributed by atoms with Gasteiger partial charge < -0.3 is 14.2 Å². The van der Waals surface area contributed by atoms with E-state index in [0.29, 0.717) is 24.6 Å². The first-order chi connectivity index (χ1) is 10.7. The highest BCUT2D eigenvalue weighted by Gasteiger charge is 2.49. The molecular weight excluding hydrogens is 280 g/mol. The fraction of sp³-hybridized carbons (Fsp3) is 0.647. The maximum atomic E-state index is 12.6. The Morgan fingerprint density at radius 1 is 1.36 bits per heavy atom. The number of likely N-dealkylation sites (tertiary alicyclic amines) is 2. The van der Waals surface area contributed by atoms with E-state index in [1.807, 2.05) is 4.90 Å². The topological polar surface area (TPSA) is 53.8 Å². The Hall–Kier alpha value is -1.78. The molecule has 2 saturated heterocycles. The molecule has 1 aliphatic carbocycles. The van der Waals surface area contributed by atoms with Crippen molar-refractivity contribution >= 4 is 11.8 Å². The van der Waals surface area contributed by atoms with Gasteiger partial charge in [-0.3, -0.25) is 9.59 Å². The number of carbonyl (C=O) groups excluding carboxylic acids is 2. The second kappa shape index (κ2) is 5.14.